The average molecular weight is 476 g/mol. The minimum Gasteiger partial charge on any atom is -0.481 e. The Kier molecular flexibility index (Phi) is 9.54. The molecule has 0 aromatic carbocycles. The third-order valence-electron chi connectivity index (χ3n) is 5.99. The highest BCUT2D eigenvalue weighted by Gasteiger charge is 2.31. The van der Waals surface area contributed by atoms with Gasteiger partial charge < -0.3 is 25.0 Å². The molecule has 9 nitrogen and oxygen atoms in total. The first-order chi connectivity index (χ1) is 15.9. The molecule has 3 amide bonds. The Morgan fingerprint density at radius 2 is 1.79 bits per heavy atom. The zero-order valence-electron chi connectivity index (χ0n) is 20.6. The van der Waals surface area contributed by atoms with Crippen LogP contribution in [0.15, 0.2) is 11.6 Å². The van der Waals surface area contributed by atoms with Gasteiger partial charge in [-0.05, 0) is 59.3 Å². The highest BCUT2D eigenvalue weighted by Crippen LogP contribution is 2.24. The number of piperidine rings is 2. The molecule has 0 aliphatic carbocycles. The van der Waals surface area contributed by atoms with Gasteiger partial charge in [-0.2, -0.15) is 0 Å². The van der Waals surface area contributed by atoms with Crippen molar-refractivity contribution < 1.29 is 29.0 Å². The first kappa shape index (κ1) is 27.2. The van der Waals surface area contributed by atoms with E-state index in [1.165, 1.54) is 0 Å². The fourth-order valence-electron chi connectivity index (χ4n) is 4.24. The second-order valence-corrected chi connectivity index (χ2v) is 10.1. The van der Waals surface area contributed by atoms with E-state index in [1.54, 1.807) is 16.7 Å². The van der Waals surface area contributed by atoms with E-state index in [0.29, 0.717) is 38.0 Å². The Labute approximate surface area is 201 Å². The summed E-state index contributed by atoms with van der Waals surface area (Å²) in [6.45, 7) is 9.31. The fourth-order valence-corrected chi connectivity index (χ4v) is 4.24. The molecule has 0 unspecified atom stereocenters. The molecular weight excluding hydrogens is 438 g/mol. The molecule has 0 bridgehead atoms. The van der Waals surface area contributed by atoms with Crippen LogP contribution in [0.1, 0.15) is 59.8 Å². The Bertz CT molecular complexity index is 846. The predicted octanol–water partition coefficient (Wildman–Crippen LogP) is 2.41. The highest BCUT2D eigenvalue weighted by atomic mass is 16.6. The van der Waals surface area contributed by atoms with Crippen LogP contribution >= 0.6 is 0 Å². The van der Waals surface area contributed by atoms with Crippen LogP contribution in [0.3, 0.4) is 0 Å². The monoisotopic (exact) mass is 475 g/mol. The minimum atomic E-state index is -1.08. The number of aliphatic carboxylic acids is 1. The molecule has 2 fully saturated rings. The van der Waals surface area contributed by atoms with Gasteiger partial charge in [0.25, 0.3) is 0 Å². The van der Waals surface area contributed by atoms with E-state index in [0.717, 1.165) is 12.8 Å². The number of carboxylic acid groups (broad SMARTS) is 1. The van der Waals surface area contributed by atoms with Crippen LogP contribution in [0.25, 0.3) is 0 Å². The van der Waals surface area contributed by atoms with E-state index in [1.807, 2.05) is 26.8 Å². The SMILES string of the molecule is C#C[C@H](CC(=O)O)NC(=O)[C@@H]1CCCN(C(=O)/C(C)=C/C2CCN(C(=O)OC(C)(C)C)CC2)C1. The van der Waals surface area contributed by atoms with E-state index in [4.69, 9.17) is 16.3 Å². The first-order valence-corrected chi connectivity index (χ1v) is 11.8. The number of allylic oxidation sites excluding steroid dienone is 1. The summed E-state index contributed by atoms with van der Waals surface area (Å²) in [7, 11) is 0. The number of nitrogens with one attached hydrogen (secondary N) is 1. The van der Waals surface area contributed by atoms with Gasteiger partial charge in [0.1, 0.15) is 11.6 Å². The third-order valence-corrected chi connectivity index (χ3v) is 5.99. The largest absolute Gasteiger partial charge is 0.481 e. The molecule has 2 aliphatic heterocycles. The van der Waals surface area contributed by atoms with E-state index >= 15 is 0 Å². The van der Waals surface area contributed by atoms with Crippen LogP contribution < -0.4 is 5.32 Å². The Hall–Kier alpha value is -3.02. The van der Waals surface area contributed by atoms with Gasteiger partial charge in [-0.3, -0.25) is 14.4 Å². The van der Waals surface area contributed by atoms with Gasteiger partial charge in [-0.15, -0.1) is 6.42 Å². The number of nitrogens with zero attached hydrogens (tertiary/aromatic N) is 2. The number of carbonyl (C=O) groups is 4. The Morgan fingerprint density at radius 3 is 2.35 bits per heavy atom. The van der Waals surface area contributed by atoms with Crippen molar-refractivity contribution in [3.05, 3.63) is 11.6 Å². The number of hydrogen-bond acceptors (Lipinski definition) is 5. The van der Waals surface area contributed by atoms with Gasteiger partial charge in [0.15, 0.2) is 0 Å². The number of terminal acetylenes is 1. The molecule has 2 aliphatic rings. The van der Waals surface area contributed by atoms with Crippen LogP contribution in [-0.4, -0.2) is 76.6 Å². The van der Waals surface area contributed by atoms with Crippen LogP contribution in [0.2, 0.25) is 0 Å². The fraction of sp³-hybridized carbons (Fsp3) is 0.680. The zero-order valence-corrected chi connectivity index (χ0v) is 20.6. The molecule has 2 rings (SSSR count). The standard InChI is InChI=1S/C25H37N3O6/c1-6-20(15-21(29)30)26-22(31)19-8-7-11-28(16-19)23(32)17(2)14-18-9-12-27(13-10-18)24(33)34-25(3,4)5/h1,14,18-20H,7-13,15-16H2,2-5H3,(H,26,31)(H,29,30)/b17-14+/t19-,20-/m1/s1. The Balaban J connectivity index is 1.89. The number of carbonyl (C=O) groups excluding carboxylic acids is 3. The number of rotatable bonds is 6. The molecule has 0 spiro atoms. The molecule has 9 heteroatoms. The number of carboxylic acids is 1. The summed E-state index contributed by atoms with van der Waals surface area (Å²) >= 11 is 0. The van der Waals surface area contributed by atoms with Gasteiger partial charge in [0.05, 0.1) is 12.3 Å². The summed E-state index contributed by atoms with van der Waals surface area (Å²) < 4.78 is 5.43. The topological polar surface area (TPSA) is 116 Å². The molecule has 0 aromatic rings. The molecule has 0 saturated carbocycles. The first-order valence-electron chi connectivity index (χ1n) is 11.8. The molecular formula is C25H37N3O6. The van der Waals surface area contributed by atoms with Gasteiger partial charge in [-0.25, -0.2) is 4.79 Å². The molecule has 2 atom stereocenters. The molecule has 188 valence electrons. The molecule has 2 N–H and O–H groups in total. The predicted molar refractivity (Wildman–Crippen MR) is 127 cm³/mol. The molecule has 34 heavy (non-hydrogen) atoms. The Morgan fingerprint density at radius 1 is 1.15 bits per heavy atom. The van der Waals surface area contributed by atoms with Gasteiger partial charge in [0.2, 0.25) is 11.8 Å². The van der Waals surface area contributed by atoms with Crippen LogP contribution in [0.4, 0.5) is 4.79 Å². The lowest BCUT2D eigenvalue weighted by atomic mass is 9.93. The molecule has 0 aromatic heterocycles. The second-order valence-electron chi connectivity index (χ2n) is 10.1. The van der Waals surface area contributed by atoms with Crippen molar-refractivity contribution in [1.82, 2.24) is 15.1 Å². The van der Waals surface area contributed by atoms with Crippen molar-refractivity contribution >= 4 is 23.9 Å². The van der Waals surface area contributed by atoms with Crippen LogP contribution in [0.5, 0.6) is 0 Å². The minimum absolute atomic E-state index is 0.105. The van der Waals surface area contributed by atoms with Gasteiger partial charge in [0, 0.05) is 31.8 Å². The van der Waals surface area contributed by atoms with E-state index in [2.05, 4.69) is 11.2 Å². The summed E-state index contributed by atoms with van der Waals surface area (Å²) in [6.07, 6.45) is 9.46. The summed E-state index contributed by atoms with van der Waals surface area (Å²) in [5.41, 5.74) is 0.0991. The van der Waals surface area contributed by atoms with Gasteiger partial charge >= 0.3 is 12.1 Å². The highest BCUT2D eigenvalue weighted by molar-refractivity contribution is 5.93. The maximum Gasteiger partial charge on any atom is 0.410 e. The van der Waals surface area contributed by atoms with Crippen molar-refractivity contribution in [3.8, 4) is 12.3 Å². The quantitative estimate of drug-likeness (QED) is 0.450. The number of amides is 3. The van der Waals surface area contributed by atoms with Crippen molar-refractivity contribution in [2.24, 2.45) is 11.8 Å². The van der Waals surface area contributed by atoms with Gasteiger partial charge in [-0.1, -0.05) is 12.0 Å². The summed E-state index contributed by atoms with van der Waals surface area (Å²) in [5.74, 6) is 0.548. The smallest absolute Gasteiger partial charge is 0.410 e. The maximum atomic E-state index is 13.0. The maximum absolute atomic E-state index is 13.0. The molecule has 2 saturated heterocycles. The van der Waals surface area contributed by atoms with Crippen LogP contribution in [-0.2, 0) is 19.1 Å². The lowest BCUT2D eigenvalue weighted by Gasteiger charge is -2.34. The van der Waals surface area contributed by atoms with Crippen molar-refractivity contribution in [2.45, 2.75) is 71.4 Å². The summed E-state index contributed by atoms with van der Waals surface area (Å²) in [4.78, 5) is 52.1. The van der Waals surface area contributed by atoms with E-state index in [9.17, 15) is 19.2 Å². The number of ether oxygens (including phenoxy) is 1. The second kappa shape index (κ2) is 11.9. The zero-order chi connectivity index (χ0) is 25.5. The number of hydrogen-bond donors (Lipinski definition) is 2. The lowest BCUT2D eigenvalue weighted by molar-refractivity contribution is -0.137. The normalized spacial score (nSPS) is 20.8. The summed E-state index contributed by atoms with van der Waals surface area (Å²) in [6, 6.07) is -0.871. The lowest BCUT2D eigenvalue weighted by Crippen LogP contribution is -2.48. The average Bonchev–Trinajstić information content (AvgIpc) is 2.77. The van der Waals surface area contributed by atoms with Crippen molar-refractivity contribution in [1.29, 1.82) is 0 Å². The van der Waals surface area contributed by atoms with Crippen LogP contribution in [0, 0.1) is 24.2 Å². The van der Waals surface area contributed by atoms with Crippen molar-refractivity contribution in [2.75, 3.05) is 26.2 Å². The van der Waals surface area contributed by atoms with E-state index < -0.39 is 23.5 Å². The van der Waals surface area contributed by atoms with Crippen molar-refractivity contribution in [3.63, 3.8) is 0 Å². The number of likely N-dealkylation sites (tertiary alicyclic amines) is 2. The third kappa shape index (κ3) is 8.40. The summed E-state index contributed by atoms with van der Waals surface area (Å²) in [5, 5.41) is 11.5. The molecule has 2 heterocycles. The molecule has 0 radical (unpaired) electrons. The van der Waals surface area contributed by atoms with E-state index in [-0.39, 0.29) is 36.8 Å².